The van der Waals surface area contributed by atoms with E-state index in [0.717, 1.165) is 0 Å². The zero-order valence-corrected chi connectivity index (χ0v) is 8.58. The van der Waals surface area contributed by atoms with Crippen LogP contribution in [0.2, 0.25) is 0 Å². The molecule has 16 heavy (non-hydrogen) atoms. The minimum Gasteiger partial charge on any atom is -0.508 e. The van der Waals surface area contributed by atoms with Gasteiger partial charge < -0.3 is 5.11 Å². The summed E-state index contributed by atoms with van der Waals surface area (Å²) in [5, 5.41) is 16.6. The number of carbonyl (C=O) groups excluding carboxylic acids is 1. The highest BCUT2D eigenvalue weighted by Crippen LogP contribution is 2.20. The Kier molecular flexibility index (Phi) is 2.59. The van der Waals surface area contributed by atoms with Crippen molar-refractivity contribution in [3.8, 4) is 17.0 Å². The summed E-state index contributed by atoms with van der Waals surface area (Å²) in [5.74, 6) is -0.0316. The van der Waals surface area contributed by atoms with Crippen LogP contribution < -0.4 is 0 Å². The van der Waals surface area contributed by atoms with Crippen molar-refractivity contribution in [2.45, 2.75) is 6.92 Å². The molecule has 0 saturated heterocycles. The Hall–Kier alpha value is -2.30. The predicted octanol–water partition coefficient (Wildman–Crippen LogP) is 1.45. The number of aromatic nitrogens is 3. The second-order valence-corrected chi connectivity index (χ2v) is 3.27. The highest BCUT2D eigenvalue weighted by Gasteiger charge is 2.07. The van der Waals surface area contributed by atoms with Gasteiger partial charge in [-0.2, -0.15) is 5.10 Å². The number of ketones is 1. The van der Waals surface area contributed by atoms with Crippen molar-refractivity contribution in [1.82, 2.24) is 15.2 Å². The van der Waals surface area contributed by atoms with E-state index in [-0.39, 0.29) is 17.4 Å². The molecule has 0 unspecified atom stereocenters. The molecule has 0 atom stereocenters. The Balaban J connectivity index is 2.48. The first-order valence-electron chi connectivity index (χ1n) is 4.67. The van der Waals surface area contributed by atoms with Gasteiger partial charge in [-0.15, -0.1) is 5.10 Å². The molecule has 0 aliphatic heterocycles. The molecule has 80 valence electrons. The molecule has 1 heterocycles. The third-order valence-corrected chi connectivity index (χ3v) is 2.02. The lowest BCUT2D eigenvalue weighted by Gasteiger charge is -2.01. The molecule has 5 heteroatoms. The average molecular weight is 215 g/mol. The summed E-state index contributed by atoms with van der Waals surface area (Å²) < 4.78 is 0. The molecule has 0 bridgehead atoms. The van der Waals surface area contributed by atoms with Crippen molar-refractivity contribution in [3.05, 3.63) is 36.3 Å². The average Bonchev–Trinajstić information content (AvgIpc) is 2.29. The van der Waals surface area contributed by atoms with E-state index in [1.54, 1.807) is 24.3 Å². The van der Waals surface area contributed by atoms with Crippen LogP contribution in [-0.4, -0.2) is 26.1 Å². The Morgan fingerprint density at radius 1 is 1.38 bits per heavy atom. The normalized spacial score (nSPS) is 10.1. The highest BCUT2D eigenvalue weighted by molar-refractivity contribution is 5.90. The summed E-state index contributed by atoms with van der Waals surface area (Å²) in [7, 11) is 0. The summed E-state index contributed by atoms with van der Waals surface area (Å²) in [4.78, 5) is 15.1. The molecule has 0 aliphatic rings. The van der Waals surface area contributed by atoms with E-state index in [1.165, 1.54) is 13.1 Å². The van der Waals surface area contributed by atoms with Crippen LogP contribution in [0.25, 0.3) is 11.3 Å². The van der Waals surface area contributed by atoms with Gasteiger partial charge in [-0.1, -0.05) is 12.1 Å². The maximum Gasteiger partial charge on any atom is 0.218 e. The Morgan fingerprint density at radius 3 is 2.88 bits per heavy atom. The van der Waals surface area contributed by atoms with Crippen molar-refractivity contribution < 1.29 is 9.90 Å². The summed E-state index contributed by atoms with van der Waals surface area (Å²) in [5.41, 5.74) is 1.20. The van der Waals surface area contributed by atoms with Gasteiger partial charge in [0, 0.05) is 12.5 Å². The number of nitrogens with zero attached hydrogens (tertiary/aromatic N) is 3. The lowest BCUT2D eigenvalue weighted by atomic mass is 10.1. The van der Waals surface area contributed by atoms with Crippen LogP contribution in [0.1, 0.15) is 17.5 Å². The summed E-state index contributed by atoms with van der Waals surface area (Å²) >= 11 is 0. The number of benzene rings is 1. The van der Waals surface area contributed by atoms with Gasteiger partial charge in [0.1, 0.15) is 5.75 Å². The number of hydrogen-bond donors (Lipinski definition) is 1. The van der Waals surface area contributed by atoms with E-state index in [4.69, 9.17) is 0 Å². The fraction of sp³-hybridized carbons (Fsp3) is 0.0909. The molecule has 2 rings (SSSR count). The lowest BCUT2D eigenvalue weighted by molar-refractivity contribution is 0.100. The summed E-state index contributed by atoms with van der Waals surface area (Å²) in [6.07, 6.45) is 1.45. The van der Waals surface area contributed by atoms with Crippen molar-refractivity contribution in [1.29, 1.82) is 0 Å². The maximum atomic E-state index is 11.1. The lowest BCUT2D eigenvalue weighted by Crippen LogP contribution is -2.03. The van der Waals surface area contributed by atoms with Gasteiger partial charge in [0.05, 0.1) is 11.9 Å². The van der Waals surface area contributed by atoms with Crippen LogP contribution in [0.5, 0.6) is 5.75 Å². The van der Waals surface area contributed by atoms with Crippen LogP contribution >= 0.6 is 0 Å². The van der Waals surface area contributed by atoms with Crippen molar-refractivity contribution in [3.63, 3.8) is 0 Å². The first-order chi connectivity index (χ1) is 7.66. The van der Waals surface area contributed by atoms with E-state index >= 15 is 0 Å². The number of carbonyl (C=O) groups is 1. The smallest absolute Gasteiger partial charge is 0.218 e. The fourth-order valence-corrected chi connectivity index (χ4v) is 1.26. The topological polar surface area (TPSA) is 76.0 Å². The third kappa shape index (κ3) is 2.03. The molecule has 5 nitrogen and oxygen atoms in total. The molecule has 2 aromatic rings. The molecule has 1 aromatic heterocycles. The molecule has 0 aliphatic carbocycles. The van der Waals surface area contributed by atoms with Crippen LogP contribution in [0, 0.1) is 0 Å². The standard InChI is InChI=1S/C11H9N3O2/c1-7(15)11-13-10(6-12-14-11)8-3-2-4-9(16)5-8/h2-6,16H,1H3. The number of rotatable bonds is 2. The predicted molar refractivity (Wildman–Crippen MR) is 56.9 cm³/mol. The zero-order chi connectivity index (χ0) is 11.5. The van der Waals surface area contributed by atoms with E-state index < -0.39 is 0 Å². The quantitative estimate of drug-likeness (QED) is 0.767. The molecule has 0 radical (unpaired) electrons. The van der Waals surface area contributed by atoms with Gasteiger partial charge in [0.15, 0.2) is 5.78 Å². The first-order valence-corrected chi connectivity index (χ1v) is 4.67. The van der Waals surface area contributed by atoms with Crippen LogP contribution in [-0.2, 0) is 0 Å². The number of hydrogen-bond acceptors (Lipinski definition) is 5. The number of phenolic OH excluding ortho intramolecular Hbond substituents is 1. The monoisotopic (exact) mass is 215 g/mol. The van der Waals surface area contributed by atoms with Gasteiger partial charge in [0.2, 0.25) is 5.82 Å². The van der Waals surface area contributed by atoms with Crippen LogP contribution in [0.4, 0.5) is 0 Å². The first kappa shape index (κ1) is 10.2. The number of Topliss-reactive ketones (excluding diaryl/α,β-unsaturated/α-hetero) is 1. The second kappa shape index (κ2) is 4.06. The summed E-state index contributed by atoms with van der Waals surface area (Å²) in [6.45, 7) is 1.38. The van der Waals surface area contributed by atoms with Gasteiger partial charge in [0.25, 0.3) is 0 Å². The fourth-order valence-electron chi connectivity index (χ4n) is 1.26. The van der Waals surface area contributed by atoms with Crippen molar-refractivity contribution in [2.75, 3.05) is 0 Å². The highest BCUT2D eigenvalue weighted by atomic mass is 16.3. The molecule has 0 amide bonds. The van der Waals surface area contributed by atoms with Gasteiger partial charge in [-0.3, -0.25) is 4.79 Å². The SMILES string of the molecule is CC(=O)c1nncc(-c2cccc(O)c2)n1. The van der Waals surface area contributed by atoms with Crippen molar-refractivity contribution in [2.24, 2.45) is 0 Å². The van der Waals surface area contributed by atoms with Crippen LogP contribution in [0.3, 0.4) is 0 Å². The van der Waals surface area contributed by atoms with Gasteiger partial charge in [-0.25, -0.2) is 4.98 Å². The minimum absolute atomic E-state index is 0.0702. The second-order valence-electron chi connectivity index (χ2n) is 3.27. The van der Waals surface area contributed by atoms with E-state index in [2.05, 4.69) is 15.2 Å². The van der Waals surface area contributed by atoms with Gasteiger partial charge in [-0.05, 0) is 12.1 Å². The van der Waals surface area contributed by atoms with Crippen LogP contribution in [0.15, 0.2) is 30.5 Å². The zero-order valence-electron chi connectivity index (χ0n) is 8.58. The van der Waals surface area contributed by atoms with Gasteiger partial charge >= 0.3 is 0 Å². The third-order valence-electron chi connectivity index (χ3n) is 2.02. The molecule has 0 fully saturated rings. The molecule has 0 spiro atoms. The Morgan fingerprint density at radius 2 is 2.19 bits per heavy atom. The molecular formula is C11H9N3O2. The van der Waals surface area contributed by atoms with Crippen molar-refractivity contribution >= 4 is 5.78 Å². The number of aromatic hydroxyl groups is 1. The van der Waals surface area contributed by atoms with E-state index in [9.17, 15) is 9.90 Å². The maximum absolute atomic E-state index is 11.1. The Labute approximate surface area is 91.8 Å². The molecular weight excluding hydrogens is 206 g/mol. The minimum atomic E-state index is -0.241. The molecule has 0 saturated carbocycles. The molecule has 1 aromatic carbocycles. The molecule has 1 N–H and O–H groups in total. The number of phenols is 1. The van der Waals surface area contributed by atoms with E-state index in [0.29, 0.717) is 11.3 Å². The largest absolute Gasteiger partial charge is 0.508 e. The van der Waals surface area contributed by atoms with E-state index in [1.807, 2.05) is 0 Å². The Bertz CT molecular complexity index is 540. The summed E-state index contributed by atoms with van der Waals surface area (Å²) in [6, 6.07) is 6.58.